The van der Waals surface area contributed by atoms with Crippen LogP contribution >= 0.6 is 0 Å². The van der Waals surface area contributed by atoms with Crippen LogP contribution < -0.4 is 5.73 Å². The van der Waals surface area contributed by atoms with Crippen LogP contribution in [0.5, 0.6) is 0 Å². The van der Waals surface area contributed by atoms with Crippen molar-refractivity contribution >= 4 is 17.5 Å². The van der Waals surface area contributed by atoms with E-state index >= 15 is 0 Å². The van der Waals surface area contributed by atoms with Gasteiger partial charge in [0.25, 0.3) is 5.91 Å². The Labute approximate surface area is 171 Å². The summed E-state index contributed by atoms with van der Waals surface area (Å²) in [6.45, 7) is 4.78. The van der Waals surface area contributed by atoms with Crippen molar-refractivity contribution < 1.29 is 9.59 Å². The van der Waals surface area contributed by atoms with Gasteiger partial charge in [-0.3, -0.25) is 9.59 Å². The number of likely N-dealkylation sites (tertiary alicyclic amines) is 1. The molecule has 2 aliphatic rings. The molecule has 2 aromatic rings. The smallest absolute Gasteiger partial charge is 0.254 e. The number of carbonyl (C=O) groups is 2. The number of hydrogen-bond acceptors (Lipinski definition) is 4. The first-order valence-corrected chi connectivity index (χ1v) is 10.9. The third-order valence-corrected chi connectivity index (χ3v) is 6.88. The van der Waals surface area contributed by atoms with Gasteiger partial charge in [-0.2, -0.15) is 5.10 Å². The largest absolute Gasteiger partial charge is 0.365 e. The van der Waals surface area contributed by atoms with Crippen LogP contribution in [0.15, 0.2) is 6.20 Å². The Morgan fingerprint density at radius 2 is 1.90 bits per heavy atom. The molecule has 7 heteroatoms. The predicted molar refractivity (Wildman–Crippen MR) is 111 cm³/mol. The average molecular weight is 398 g/mol. The highest BCUT2D eigenvalue weighted by molar-refractivity contribution is 5.98. The fraction of sp³-hybridized carbons (Fsp3) is 0.636. The summed E-state index contributed by atoms with van der Waals surface area (Å²) in [5.41, 5.74) is 9.00. The number of aromatic nitrogens is 3. The molecule has 1 aliphatic heterocycles. The van der Waals surface area contributed by atoms with E-state index in [2.05, 4.69) is 15.0 Å². The Balaban J connectivity index is 1.49. The molecule has 0 radical (unpaired) electrons. The monoisotopic (exact) mass is 397 g/mol. The molecule has 2 aromatic heterocycles. The van der Waals surface area contributed by atoms with E-state index < -0.39 is 5.91 Å². The highest BCUT2D eigenvalue weighted by Crippen LogP contribution is 2.34. The van der Waals surface area contributed by atoms with Crippen molar-refractivity contribution in [1.82, 2.24) is 19.5 Å². The van der Waals surface area contributed by atoms with Crippen molar-refractivity contribution in [3.8, 4) is 0 Å². The van der Waals surface area contributed by atoms with Gasteiger partial charge >= 0.3 is 0 Å². The summed E-state index contributed by atoms with van der Waals surface area (Å²) in [5.74, 6) is 0.417. The van der Waals surface area contributed by atoms with Crippen molar-refractivity contribution in [2.45, 2.75) is 77.7 Å². The van der Waals surface area contributed by atoms with Gasteiger partial charge in [-0.25, -0.2) is 9.50 Å². The standard InChI is InChI=1S/C22H31N5O2/c1-14-17(15(2)27-22(25-14)18(13-24-27)21(23)29)10-11-20(28)26-12-6-9-19(26)16-7-4-3-5-8-16/h13,16,19H,3-12H2,1-2H3,(H2,23,29)/t19-/m1/s1. The number of nitrogens with two attached hydrogens (primary N) is 1. The van der Waals surface area contributed by atoms with Crippen LogP contribution in [0, 0.1) is 19.8 Å². The fourth-order valence-corrected chi connectivity index (χ4v) is 5.33. The van der Waals surface area contributed by atoms with Crippen LogP contribution in [0.1, 0.15) is 78.7 Å². The maximum Gasteiger partial charge on any atom is 0.254 e. The molecular formula is C22H31N5O2. The second-order valence-electron chi connectivity index (χ2n) is 8.61. The number of rotatable bonds is 5. The van der Waals surface area contributed by atoms with E-state index in [0.29, 0.717) is 36.0 Å². The third kappa shape index (κ3) is 3.74. The number of aryl methyl sites for hydroxylation is 2. The molecule has 1 saturated heterocycles. The van der Waals surface area contributed by atoms with Crippen molar-refractivity contribution in [3.63, 3.8) is 0 Å². The number of carbonyl (C=O) groups excluding carboxylic acids is 2. The van der Waals surface area contributed by atoms with E-state index in [9.17, 15) is 9.59 Å². The lowest BCUT2D eigenvalue weighted by molar-refractivity contribution is -0.133. The van der Waals surface area contributed by atoms with Crippen molar-refractivity contribution in [3.05, 3.63) is 28.7 Å². The van der Waals surface area contributed by atoms with Crippen LogP contribution in [0.2, 0.25) is 0 Å². The first kappa shape index (κ1) is 19.9. The molecule has 2 N–H and O–H groups in total. The average Bonchev–Trinajstić information content (AvgIpc) is 3.35. The highest BCUT2D eigenvalue weighted by Gasteiger charge is 2.34. The molecule has 7 nitrogen and oxygen atoms in total. The van der Waals surface area contributed by atoms with Gasteiger partial charge in [0, 0.05) is 30.4 Å². The molecule has 1 aliphatic carbocycles. The van der Waals surface area contributed by atoms with Gasteiger partial charge in [0.2, 0.25) is 5.91 Å². The molecule has 2 fully saturated rings. The second-order valence-corrected chi connectivity index (χ2v) is 8.61. The van der Waals surface area contributed by atoms with Crippen LogP contribution in [0.4, 0.5) is 0 Å². The number of nitrogens with zero attached hydrogens (tertiary/aromatic N) is 4. The molecule has 0 bridgehead atoms. The number of primary amides is 1. The van der Waals surface area contributed by atoms with E-state index in [0.717, 1.165) is 36.3 Å². The number of fused-ring (bicyclic) bond motifs is 1. The van der Waals surface area contributed by atoms with E-state index in [1.165, 1.54) is 38.3 Å². The predicted octanol–water partition coefficient (Wildman–Crippen LogP) is 2.95. The minimum atomic E-state index is -0.531. The molecule has 0 aromatic carbocycles. The van der Waals surface area contributed by atoms with Gasteiger partial charge in [-0.15, -0.1) is 0 Å². The third-order valence-electron chi connectivity index (χ3n) is 6.88. The van der Waals surface area contributed by atoms with Crippen LogP contribution in [-0.4, -0.2) is 43.9 Å². The lowest BCUT2D eigenvalue weighted by atomic mass is 9.83. The Kier molecular flexibility index (Phi) is 5.56. The Morgan fingerprint density at radius 1 is 1.14 bits per heavy atom. The molecule has 4 rings (SSSR count). The summed E-state index contributed by atoms with van der Waals surface area (Å²) in [5, 5.41) is 4.28. The van der Waals surface area contributed by atoms with Crippen LogP contribution in [-0.2, 0) is 11.2 Å². The zero-order valence-electron chi connectivity index (χ0n) is 17.5. The summed E-state index contributed by atoms with van der Waals surface area (Å²) in [6, 6.07) is 0.440. The molecule has 2 amide bonds. The maximum absolute atomic E-state index is 13.1. The first-order valence-electron chi connectivity index (χ1n) is 10.9. The molecule has 0 spiro atoms. The van der Waals surface area contributed by atoms with Gasteiger partial charge in [0.05, 0.1) is 6.20 Å². The van der Waals surface area contributed by atoms with Crippen LogP contribution in [0.25, 0.3) is 5.65 Å². The topological polar surface area (TPSA) is 93.6 Å². The van der Waals surface area contributed by atoms with Crippen molar-refractivity contribution in [2.75, 3.05) is 6.54 Å². The summed E-state index contributed by atoms with van der Waals surface area (Å²) < 4.78 is 1.66. The molecule has 1 saturated carbocycles. The molecular weight excluding hydrogens is 366 g/mol. The van der Waals surface area contributed by atoms with Gasteiger partial charge in [0.15, 0.2) is 5.65 Å². The Morgan fingerprint density at radius 3 is 2.62 bits per heavy atom. The van der Waals surface area contributed by atoms with Crippen molar-refractivity contribution in [2.24, 2.45) is 11.7 Å². The van der Waals surface area contributed by atoms with Crippen LogP contribution in [0.3, 0.4) is 0 Å². The zero-order valence-corrected chi connectivity index (χ0v) is 17.5. The number of amides is 2. The van der Waals surface area contributed by atoms with Crippen molar-refractivity contribution in [1.29, 1.82) is 0 Å². The summed E-state index contributed by atoms with van der Waals surface area (Å²) in [7, 11) is 0. The van der Waals surface area contributed by atoms with E-state index in [1.807, 2.05) is 13.8 Å². The normalized spacial score (nSPS) is 20.5. The first-order chi connectivity index (χ1) is 14.0. The number of hydrogen-bond donors (Lipinski definition) is 1. The molecule has 1 atom stereocenters. The zero-order chi connectivity index (χ0) is 20.5. The summed E-state index contributed by atoms with van der Waals surface area (Å²) in [4.78, 5) is 31.4. The van der Waals surface area contributed by atoms with E-state index in [-0.39, 0.29) is 5.91 Å². The molecule has 156 valence electrons. The quantitative estimate of drug-likeness (QED) is 0.839. The fourth-order valence-electron chi connectivity index (χ4n) is 5.33. The summed E-state index contributed by atoms with van der Waals surface area (Å²) >= 11 is 0. The second kappa shape index (κ2) is 8.13. The lowest BCUT2D eigenvalue weighted by Gasteiger charge is -2.34. The molecule has 3 heterocycles. The lowest BCUT2D eigenvalue weighted by Crippen LogP contribution is -2.40. The minimum absolute atomic E-state index is 0.260. The molecule has 0 unspecified atom stereocenters. The SMILES string of the molecule is Cc1nc2c(C(N)=O)cnn2c(C)c1CCC(=O)N1CCC[C@@H]1C1CCCCC1. The van der Waals surface area contributed by atoms with Gasteiger partial charge < -0.3 is 10.6 Å². The van der Waals surface area contributed by atoms with E-state index in [1.54, 1.807) is 4.52 Å². The van der Waals surface area contributed by atoms with Gasteiger partial charge in [0.1, 0.15) is 5.56 Å². The summed E-state index contributed by atoms with van der Waals surface area (Å²) in [6.07, 6.45) is 11.4. The Hall–Kier alpha value is -2.44. The highest BCUT2D eigenvalue weighted by atomic mass is 16.2. The van der Waals surface area contributed by atoms with Gasteiger partial charge in [-0.1, -0.05) is 19.3 Å². The minimum Gasteiger partial charge on any atom is -0.365 e. The maximum atomic E-state index is 13.1. The molecule has 29 heavy (non-hydrogen) atoms. The Bertz CT molecular complexity index is 929. The van der Waals surface area contributed by atoms with E-state index in [4.69, 9.17) is 5.73 Å². The van der Waals surface area contributed by atoms with Gasteiger partial charge in [-0.05, 0) is 57.4 Å².